The van der Waals surface area contributed by atoms with Gasteiger partial charge in [0.1, 0.15) is 11.6 Å². The zero-order chi connectivity index (χ0) is 23.0. The normalized spacial score (nSPS) is 19.3. The molecule has 0 saturated heterocycles. The number of ketones is 2. The highest BCUT2D eigenvalue weighted by Gasteiger charge is 2.39. The maximum absolute atomic E-state index is 13.3. The fourth-order valence-corrected chi connectivity index (χ4v) is 4.45. The Kier molecular flexibility index (Phi) is 5.91. The number of Topliss-reactive ketones (excluding diaryl/α,β-unsaturated/α-hetero) is 2. The van der Waals surface area contributed by atoms with Gasteiger partial charge in [-0.05, 0) is 53.8 Å². The molecule has 0 aromatic heterocycles. The van der Waals surface area contributed by atoms with Crippen molar-refractivity contribution in [1.82, 2.24) is 10.2 Å². The molecule has 1 saturated carbocycles. The third-order valence-corrected chi connectivity index (χ3v) is 6.20. The van der Waals surface area contributed by atoms with Crippen LogP contribution in [0.25, 0.3) is 0 Å². The molecule has 7 heteroatoms. The summed E-state index contributed by atoms with van der Waals surface area (Å²) in [5, 5.41) is 3.01. The van der Waals surface area contributed by atoms with Gasteiger partial charge in [0, 0.05) is 24.1 Å². The molecule has 1 N–H and O–H groups in total. The van der Waals surface area contributed by atoms with Gasteiger partial charge in [0.05, 0.1) is 18.5 Å². The Balaban J connectivity index is 1.52. The Labute approximate surface area is 185 Å². The first kappa shape index (κ1) is 21.9. The Morgan fingerprint density at radius 3 is 2.47 bits per heavy atom. The van der Waals surface area contributed by atoms with Gasteiger partial charge in [-0.1, -0.05) is 26.0 Å². The highest BCUT2D eigenvalue weighted by molar-refractivity contribution is 6.08. The number of rotatable bonds is 5. The van der Waals surface area contributed by atoms with E-state index in [-0.39, 0.29) is 54.1 Å². The molecular formula is C25H25FN2O4. The highest BCUT2D eigenvalue weighted by Crippen LogP contribution is 2.30. The highest BCUT2D eigenvalue weighted by atomic mass is 19.1. The molecule has 166 valence electrons. The number of hydrogen-bond donors (Lipinski definition) is 1. The summed E-state index contributed by atoms with van der Waals surface area (Å²) >= 11 is 0. The number of nitrogens with one attached hydrogen (secondary N) is 1. The van der Waals surface area contributed by atoms with Crippen LogP contribution in [-0.2, 0) is 16.1 Å². The number of nitrogens with zero attached hydrogens (tertiary/aromatic N) is 1. The van der Waals surface area contributed by atoms with Crippen LogP contribution in [0.5, 0.6) is 0 Å². The molecule has 1 fully saturated rings. The first-order valence-corrected chi connectivity index (χ1v) is 10.8. The molecular weight excluding hydrogens is 411 g/mol. The zero-order valence-corrected chi connectivity index (χ0v) is 18.1. The SMILES string of the molecule is CC(C)[C@H](NC(=O)c1ccc2c(c1)CN(C1CCC(=O)CC1=O)C2=O)c1ccc(F)cc1. The number of carbonyl (C=O) groups is 4. The predicted octanol–water partition coefficient (Wildman–Crippen LogP) is 3.60. The zero-order valence-electron chi connectivity index (χ0n) is 18.1. The number of carbonyl (C=O) groups excluding carboxylic acids is 4. The summed E-state index contributed by atoms with van der Waals surface area (Å²) in [4.78, 5) is 51.2. The second-order valence-corrected chi connectivity index (χ2v) is 8.79. The van der Waals surface area contributed by atoms with Crippen LogP contribution in [0.15, 0.2) is 42.5 Å². The van der Waals surface area contributed by atoms with Crippen LogP contribution in [0, 0.1) is 11.7 Å². The van der Waals surface area contributed by atoms with Gasteiger partial charge in [-0.15, -0.1) is 0 Å². The second-order valence-electron chi connectivity index (χ2n) is 8.79. The predicted molar refractivity (Wildman–Crippen MR) is 115 cm³/mol. The summed E-state index contributed by atoms with van der Waals surface area (Å²) in [6.45, 7) is 4.18. The Bertz CT molecular complexity index is 1090. The maximum atomic E-state index is 13.3. The molecule has 6 nitrogen and oxygen atoms in total. The molecule has 1 aliphatic carbocycles. The number of benzene rings is 2. The van der Waals surface area contributed by atoms with Crippen LogP contribution in [0.3, 0.4) is 0 Å². The lowest BCUT2D eigenvalue weighted by atomic mass is 9.92. The molecule has 1 heterocycles. The van der Waals surface area contributed by atoms with Gasteiger partial charge in [0.15, 0.2) is 5.78 Å². The Hall–Kier alpha value is -3.35. The van der Waals surface area contributed by atoms with E-state index in [1.165, 1.54) is 17.0 Å². The van der Waals surface area contributed by atoms with Crippen molar-refractivity contribution in [2.45, 2.75) is 51.7 Å². The summed E-state index contributed by atoms with van der Waals surface area (Å²) in [6, 6.07) is 10.1. The van der Waals surface area contributed by atoms with E-state index in [9.17, 15) is 23.6 Å². The van der Waals surface area contributed by atoms with E-state index < -0.39 is 6.04 Å². The molecule has 2 atom stereocenters. The van der Waals surface area contributed by atoms with Crippen LogP contribution >= 0.6 is 0 Å². The van der Waals surface area contributed by atoms with Crippen molar-refractivity contribution in [3.8, 4) is 0 Å². The molecule has 2 aliphatic rings. The average molecular weight is 436 g/mol. The van der Waals surface area contributed by atoms with Crippen molar-refractivity contribution in [2.75, 3.05) is 0 Å². The van der Waals surface area contributed by atoms with Crippen LogP contribution < -0.4 is 5.32 Å². The minimum atomic E-state index is -0.589. The largest absolute Gasteiger partial charge is 0.345 e. The minimum Gasteiger partial charge on any atom is -0.345 e. The van der Waals surface area contributed by atoms with Crippen molar-refractivity contribution < 1.29 is 23.6 Å². The molecule has 0 spiro atoms. The number of hydrogen-bond acceptors (Lipinski definition) is 4. The first-order chi connectivity index (χ1) is 15.2. The smallest absolute Gasteiger partial charge is 0.255 e. The maximum Gasteiger partial charge on any atom is 0.255 e. The Morgan fingerprint density at radius 1 is 1.09 bits per heavy atom. The lowest BCUT2D eigenvalue weighted by Crippen LogP contribution is -2.44. The molecule has 1 aliphatic heterocycles. The molecule has 1 unspecified atom stereocenters. The van der Waals surface area contributed by atoms with Crippen LogP contribution in [-0.4, -0.2) is 34.3 Å². The monoisotopic (exact) mass is 436 g/mol. The quantitative estimate of drug-likeness (QED) is 0.726. The van der Waals surface area contributed by atoms with E-state index in [0.717, 1.165) is 5.56 Å². The third-order valence-electron chi connectivity index (χ3n) is 6.20. The van der Waals surface area contributed by atoms with Crippen molar-refractivity contribution in [2.24, 2.45) is 5.92 Å². The summed E-state index contributed by atoms with van der Waals surface area (Å²) < 4.78 is 13.3. The third kappa shape index (κ3) is 4.20. The van der Waals surface area contributed by atoms with Gasteiger partial charge in [0.2, 0.25) is 0 Å². The standard InChI is InChI=1S/C25H25FN2O4/c1-14(2)23(15-3-6-18(26)7-4-15)27-24(31)16-5-9-20-17(11-16)13-28(25(20)32)21-10-8-19(29)12-22(21)30/h3-7,9,11,14,21,23H,8,10,12-13H2,1-2H3,(H,27,31)/t21?,23-/m0/s1. The summed E-state index contributed by atoms with van der Waals surface area (Å²) in [5.74, 6) is -1.10. The fourth-order valence-electron chi connectivity index (χ4n) is 4.45. The van der Waals surface area contributed by atoms with Gasteiger partial charge in [-0.2, -0.15) is 0 Å². The van der Waals surface area contributed by atoms with Gasteiger partial charge in [-0.3, -0.25) is 19.2 Å². The van der Waals surface area contributed by atoms with E-state index in [1.54, 1.807) is 30.3 Å². The van der Waals surface area contributed by atoms with Crippen molar-refractivity contribution in [1.29, 1.82) is 0 Å². The van der Waals surface area contributed by atoms with Gasteiger partial charge < -0.3 is 10.2 Å². The topological polar surface area (TPSA) is 83.6 Å². The van der Waals surface area contributed by atoms with Crippen molar-refractivity contribution in [3.63, 3.8) is 0 Å². The summed E-state index contributed by atoms with van der Waals surface area (Å²) in [7, 11) is 0. The number of amides is 2. The molecule has 2 aromatic rings. The lowest BCUT2D eigenvalue weighted by Gasteiger charge is -2.29. The van der Waals surface area contributed by atoms with E-state index >= 15 is 0 Å². The molecule has 32 heavy (non-hydrogen) atoms. The van der Waals surface area contributed by atoms with Crippen LogP contribution in [0.2, 0.25) is 0 Å². The fraction of sp³-hybridized carbons (Fsp3) is 0.360. The molecule has 0 bridgehead atoms. The summed E-state index contributed by atoms with van der Waals surface area (Å²) in [6.07, 6.45) is 0.515. The lowest BCUT2D eigenvalue weighted by molar-refractivity contribution is -0.133. The number of halogens is 1. The molecule has 2 amide bonds. The van der Waals surface area contributed by atoms with Crippen LogP contribution in [0.4, 0.5) is 4.39 Å². The van der Waals surface area contributed by atoms with E-state index in [2.05, 4.69) is 5.32 Å². The van der Waals surface area contributed by atoms with Gasteiger partial charge >= 0.3 is 0 Å². The molecule has 4 rings (SSSR count). The first-order valence-electron chi connectivity index (χ1n) is 10.8. The van der Waals surface area contributed by atoms with E-state index in [0.29, 0.717) is 29.5 Å². The van der Waals surface area contributed by atoms with Crippen molar-refractivity contribution >= 4 is 23.4 Å². The second kappa shape index (κ2) is 8.65. The van der Waals surface area contributed by atoms with Gasteiger partial charge in [-0.25, -0.2) is 4.39 Å². The van der Waals surface area contributed by atoms with Crippen molar-refractivity contribution in [3.05, 3.63) is 70.5 Å². The molecule has 2 aromatic carbocycles. The van der Waals surface area contributed by atoms with Crippen LogP contribution in [0.1, 0.15) is 71.0 Å². The van der Waals surface area contributed by atoms with Gasteiger partial charge in [0.25, 0.3) is 11.8 Å². The minimum absolute atomic E-state index is 0.0796. The molecule has 0 radical (unpaired) electrons. The van der Waals surface area contributed by atoms with E-state index in [1.807, 2.05) is 13.8 Å². The Morgan fingerprint density at radius 2 is 1.81 bits per heavy atom. The average Bonchev–Trinajstić information content (AvgIpc) is 3.08. The number of fused-ring (bicyclic) bond motifs is 1. The summed E-state index contributed by atoms with van der Waals surface area (Å²) in [5.41, 5.74) is 2.39. The van der Waals surface area contributed by atoms with E-state index in [4.69, 9.17) is 0 Å².